The van der Waals surface area contributed by atoms with Gasteiger partial charge < -0.3 is 10.2 Å². The molecule has 0 aromatic carbocycles. The summed E-state index contributed by atoms with van der Waals surface area (Å²) in [6.07, 6.45) is -1.83. The zero-order chi connectivity index (χ0) is 8.57. The van der Waals surface area contributed by atoms with E-state index in [-0.39, 0.29) is 0 Å². The third kappa shape index (κ3) is 44.0. The maximum atomic E-state index is 9.57. The third-order valence-electron chi connectivity index (χ3n) is 0.303. The Morgan fingerprint density at radius 3 is 1.80 bits per heavy atom. The fourth-order valence-corrected chi connectivity index (χ4v) is 1.22. The third-order valence-corrected chi connectivity index (χ3v) is 1.91. The minimum absolute atomic E-state index is 0.732. The normalized spacial score (nSPS) is 7.00. The van der Waals surface area contributed by atoms with E-state index >= 15 is 0 Å². The molecule has 0 radical (unpaired) electrons. The van der Waals surface area contributed by atoms with E-state index in [0.29, 0.717) is 0 Å². The molecule has 0 aliphatic rings. The van der Waals surface area contributed by atoms with Crippen LogP contribution in [0, 0.1) is 0 Å². The van der Waals surface area contributed by atoms with Gasteiger partial charge in [0.25, 0.3) is 0 Å². The topological polar surface area (TPSA) is 91.7 Å². The van der Waals surface area contributed by atoms with Crippen molar-refractivity contribution in [2.24, 2.45) is 0 Å². The van der Waals surface area contributed by atoms with Gasteiger partial charge in [-0.3, -0.25) is 0 Å². The van der Waals surface area contributed by atoms with E-state index in [1.165, 1.54) is 5.37 Å². The van der Waals surface area contributed by atoms with Crippen molar-refractivity contribution in [2.45, 2.75) is 3.67 Å². The summed E-state index contributed by atoms with van der Waals surface area (Å²) in [4.78, 5) is 8.56. The molecule has 0 spiro atoms. The standard InChI is InChI=1S/C2H3O2S.CH2O3.Na/c1-2-5(3)4;2-1(3)4;/h2H,1H2;(H2,2,3,4);. The summed E-state index contributed by atoms with van der Waals surface area (Å²) in [5.74, 6) is 0. The van der Waals surface area contributed by atoms with Crippen LogP contribution in [0.3, 0.4) is 0 Å². The molecule has 0 unspecified atom stereocenters. The molecule has 10 heavy (non-hydrogen) atoms. The summed E-state index contributed by atoms with van der Waals surface area (Å²) in [5.41, 5.74) is 0. The van der Waals surface area contributed by atoms with Crippen LogP contribution in [0.2, 0.25) is 3.67 Å². The predicted molar refractivity (Wildman–Crippen MR) is 36.2 cm³/mol. The van der Waals surface area contributed by atoms with Crippen LogP contribution in [-0.2, 0) is 10.3 Å². The number of hydrogen-bond acceptors (Lipinski definition) is 3. The Morgan fingerprint density at radius 2 is 1.80 bits per heavy atom. The Balaban J connectivity index is 0. The molecule has 5 nitrogen and oxygen atoms in total. The van der Waals surface area contributed by atoms with Gasteiger partial charge in [-0.2, -0.15) is 0 Å². The Labute approximate surface area is 76.6 Å². The Hall–Kier alpha value is -0.0400. The Bertz CT molecular complexity index is 193. The Kier molecular flexibility index (Phi) is 11.3. The molecular formula is C3H5NaO5S. The molecule has 0 rings (SSSR count). The van der Waals surface area contributed by atoms with Crippen molar-refractivity contribution in [1.82, 2.24) is 0 Å². The molecule has 7 heteroatoms. The second-order valence-electron chi connectivity index (χ2n) is 1.12. The van der Waals surface area contributed by atoms with Crippen molar-refractivity contribution in [2.75, 3.05) is 0 Å². The summed E-state index contributed by atoms with van der Waals surface area (Å²) in [5, 5.41) is 15.2. The van der Waals surface area contributed by atoms with Gasteiger partial charge in [0.05, 0.1) is 0 Å². The molecule has 0 amide bonds. The first-order chi connectivity index (χ1) is 4.50. The van der Waals surface area contributed by atoms with E-state index in [1.54, 1.807) is 0 Å². The van der Waals surface area contributed by atoms with Gasteiger partial charge in [0.1, 0.15) is 0 Å². The summed E-state index contributed by atoms with van der Waals surface area (Å²) < 4.78 is 19.9. The summed E-state index contributed by atoms with van der Waals surface area (Å²) in [6.45, 7) is 0. The van der Waals surface area contributed by atoms with Gasteiger partial charge in [0.15, 0.2) is 0 Å². The molecule has 0 atom stereocenters. The van der Waals surface area contributed by atoms with Crippen LogP contribution in [-0.4, -0.2) is 58.1 Å². The number of carbonyl (C=O) groups is 1. The van der Waals surface area contributed by atoms with E-state index in [4.69, 9.17) is 15.0 Å². The van der Waals surface area contributed by atoms with Crippen molar-refractivity contribution < 1.29 is 23.4 Å². The molecule has 0 aliphatic carbocycles. The van der Waals surface area contributed by atoms with Gasteiger partial charge in [-0.15, -0.1) is 0 Å². The predicted octanol–water partition coefficient (Wildman–Crippen LogP) is -0.523. The summed E-state index contributed by atoms with van der Waals surface area (Å²) >= 11 is 0.938. The molecule has 0 aromatic heterocycles. The number of hydrogen-bond donors (Lipinski definition) is 2. The molecule has 2 N–H and O–H groups in total. The average molecular weight is 176 g/mol. The molecule has 54 valence electrons. The van der Waals surface area contributed by atoms with Crippen LogP contribution in [0.4, 0.5) is 4.79 Å². The van der Waals surface area contributed by atoms with Crippen molar-refractivity contribution in [3.63, 3.8) is 0 Å². The maximum absolute atomic E-state index is 9.57. The van der Waals surface area contributed by atoms with Gasteiger partial charge in [0, 0.05) is 0 Å². The average Bonchev–Trinajstić information content (AvgIpc) is 1.62. The molecule has 0 bridgehead atoms. The van der Waals surface area contributed by atoms with Crippen molar-refractivity contribution in [3.05, 3.63) is 0 Å². The van der Waals surface area contributed by atoms with Crippen LogP contribution in [0.15, 0.2) is 0 Å². The molecular weight excluding hydrogens is 171 g/mol. The van der Waals surface area contributed by atoms with Gasteiger partial charge >= 0.3 is 61.8 Å². The van der Waals surface area contributed by atoms with Crippen molar-refractivity contribution in [1.29, 1.82) is 0 Å². The van der Waals surface area contributed by atoms with Gasteiger partial charge in [-0.25, -0.2) is 4.79 Å². The molecule has 0 saturated heterocycles. The van der Waals surface area contributed by atoms with Gasteiger partial charge in [-0.1, -0.05) is 0 Å². The second kappa shape index (κ2) is 8.96. The minimum atomic E-state index is -1.91. The van der Waals surface area contributed by atoms with Gasteiger partial charge in [-0.05, 0) is 0 Å². The van der Waals surface area contributed by atoms with Crippen LogP contribution in [0.1, 0.15) is 0 Å². The van der Waals surface area contributed by atoms with E-state index in [1.807, 2.05) is 0 Å². The quantitative estimate of drug-likeness (QED) is 0.414. The molecule has 0 heterocycles. The van der Waals surface area contributed by atoms with Crippen LogP contribution < -0.4 is 0 Å². The fourth-order valence-electron chi connectivity index (χ4n) is 0.136. The fraction of sp³-hybridized carbons (Fsp3) is 0.333. The van der Waals surface area contributed by atoms with Crippen molar-refractivity contribution >= 4 is 49.7 Å². The molecule has 0 saturated carbocycles. The zero-order valence-electron chi connectivity index (χ0n) is 5.31. The number of carboxylic acid groups (broad SMARTS) is 2. The van der Waals surface area contributed by atoms with E-state index in [2.05, 4.69) is 0 Å². The monoisotopic (exact) mass is 176 g/mol. The van der Waals surface area contributed by atoms with Crippen LogP contribution in [0.25, 0.3) is 0 Å². The summed E-state index contributed by atoms with van der Waals surface area (Å²) in [7, 11) is -1.91. The first-order valence-corrected chi connectivity index (χ1v) is 4.89. The van der Waals surface area contributed by atoms with Crippen LogP contribution in [0.5, 0.6) is 0 Å². The van der Waals surface area contributed by atoms with Crippen LogP contribution >= 0.6 is 0 Å². The Morgan fingerprint density at radius 1 is 1.50 bits per heavy atom. The first kappa shape index (κ1) is 12.6. The van der Waals surface area contributed by atoms with Crippen molar-refractivity contribution in [3.8, 4) is 0 Å². The van der Waals surface area contributed by atoms with E-state index in [0.717, 1.165) is 31.6 Å². The molecule has 0 aromatic rings. The SMILES string of the molecule is O=C(O)O.O=S(=O)=C[CH2][Na]. The van der Waals surface area contributed by atoms with E-state index in [9.17, 15) is 8.42 Å². The molecule has 0 fully saturated rings. The number of rotatable bonds is 1. The first-order valence-electron chi connectivity index (χ1n) is 2.34. The second-order valence-corrected chi connectivity index (χ2v) is 2.79. The van der Waals surface area contributed by atoms with Gasteiger partial charge in [0.2, 0.25) is 0 Å². The van der Waals surface area contributed by atoms with E-state index < -0.39 is 16.4 Å². The zero-order valence-corrected chi connectivity index (χ0v) is 8.13. The molecule has 0 aliphatic heterocycles. The summed E-state index contributed by atoms with van der Waals surface area (Å²) in [6, 6.07) is 0.